The maximum atomic E-state index is 12.0. The summed E-state index contributed by atoms with van der Waals surface area (Å²) in [6.07, 6.45) is 8.49. The summed E-state index contributed by atoms with van der Waals surface area (Å²) in [6, 6.07) is 0. The fourth-order valence-corrected chi connectivity index (χ4v) is 1.99. The number of aromatic nitrogens is 3. The van der Waals surface area contributed by atoms with Crippen molar-refractivity contribution in [3.8, 4) is 0 Å². The summed E-state index contributed by atoms with van der Waals surface area (Å²) >= 11 is 5.73. The first kappa shape index (κ1) is 13.8. The van der Waals surface area contributed by atoms with E-state index in [9.17, 15) is 4.79 Å². The van der Waals surface area contributed by atoms with Crippen molar-refractivity contribution in [2.75, 3.05) is 12.4 Å². The molecule has 2 heterocycles. The SMILES string of the molecule is CC(CCl)CCCNC(=O)c1cnn2ccncc12. The number of rotatable bonds is 6. The number of fused-ring (bicyclic) bond motifs is 1. The molecule has 5 nitrogen and oxygen atoms in total. The van der Waals surface area contributed by atoms with Crippen molar-refractivity contribution >= 4 is 23.0 Å². The van der Waals surface area contributed by atoms with E-state index in [2.05, 4.69) is 22.3 Å². The first-order valence-electron chi connectivity index (χ1n) is 6.34. The molecule has 0 radical (unpaired) electrons. The van der Waals surface area contributed by atoms with Gasteiger partial charge in [-0.05, 0) is 18.8 Å². The predicted octanol–water partition coefficient (Wildman–Crippen LogP) is 2.11. The predicted molar refractivity (Wildman–Crippen MR) is 74.4 cm³/mol. The van der Waals surface area contributed by atoms with Gasteiger partial charge >= 0.3 is 0 Å². The average Bonchev–Trinajstić information content (AvgIpc) is 2.87. The number of nitrogens with one attached hydrogen (secondary N) is 1. The van der Waals surface area contributed by atoms with Crippen LogP contribution < -0.4 is 5.32 Å². The molecule has 0 aliphatic carbocycles. The Kier molecular flexibility index (Phi) is 4.74. The number of alkyl halides is 1. The van der Waals surface area contributed by atoms with Gasteiger partial charge in [0.05, 0.1) is 23.5 Å². The second-order valence-electron chi connectivity index (χ2n) is 4.62. The van der Waals surface area contributed by atoms with Crippen molar-refractivity contribution in [3.63, 3.8) is 0 Å². The first-order chi connectivity index (χ1) is 9.22. The average molecular weight is 281 g/mol. The molecule has 0 saturated heterocycles. The molecule has 1 amide bonds. The van der Waals surface area contributed by atoms with Gasteiger partial charge in [0.15, 0.2) is 0 Å². The third kappa shape index (κ3) is 3.44. The van der Waals surface area contributed by atoms with Gasteiger partial charge in [-0.15, -0.1) is 11.6 Å². The minimum Gasteiger partial charge on any atom is -0.352 e. The minimum atomic E-state index is -0.110. The summed E-state index contributed by atoms with van der Waals surface area (Å²) in [7, 11) is 0. The molecule has 2 aromatic rings. The van der Waals surface area contributed by atoms with Gasteiger partial charge < -0.3 is 5.32 Å². The van der Waals surface area contributed by atoms with Gasteiger partial charge in [0.1, 0.15) is 0 Å². The van der Waals surface area contributed by atoms with Crippen molar-refractivity contribution in [2.24, 2.45) is 5.92 Å². The van der Waals surface area contributed by atoms with Gasteiger partial charge in [-0.1, -0.05) is 6.92 Å². The molecule has 0 fully saturated rings. The van der Waals surface area contributed by atoms with Crippen LogP contribution in [0.4, 0.5) is 0 Å². The number of carbonyl (C=O) groups is 1. The summed E-state index contributed by atoms with van der Waals surface area (Å²) in [5.74, 6) is 1.04. The van der Waals surface area contributed by atoms with E-state index in [1.54, 1.807) is 29.3 Å². The van der Waals surface area contributed by atoms with E-state index in [1.165, 1.54) is 0 Å². The molecule has 0 aliphatic heterocycles. The molecule has 1 unspecified atom stereocenters. The lowest BCUT2D eigenvalue weighted by Crippen LogP contribution is -2.24. The largest absolute Gasteiger partial charge is 0.352 e. The highest BCUT2D eigenvalue weighted by molar-refractivity contribution is 6.18. The third-order valence-electron chi connectivity index (χ3n) is 2.99. The van der Waals surface area contributed by atoms with E-state index in [0.29, 0.717) is 29.4 Å². The highest BCUT2D eigenvalue weighted by Crippen LogP contribution is 2.09. The van der Waals surface area contributed by atoms with Crippen LogP contribution in [-0.2, 0) is 0 Å². The van der Waals surface area contributed by atoms with Crippen LogP contribution >= 0.6 is 11.6 Å². The maximum Gasteiger partial charge on any atom is 0.255 e. The fraction of sp³-hybridized carbons (Fsp3) is 0.462. The van der Waals surface area contributed by atoms with Crippen LogP contribution in [0, 0.1) is 5.92 Å². The zero-order valence-electron chi connectivity index (χ0n) is 10.8. The number of amides is 1. The van der Waals surface area contributed by atoms with Gasteiger partial charge in [0.2, 0.25) is 0 Å². The molecule has 0 aliphatic rings. The van der Waals surface area contributed by atoms with Crippen molar-refractivity contribution in [3.05, 3.63) is 30.4 Å². The molecule has 19 heavy (non-hydrogen) atoms. The van der Waals surface area contributed by atoms with E-state index in [1.807, 2.05) is 0 Å². The molecule has 2 aromatic heterocycles. The van der Waals surface area contributed by atoms with Gasteiger partial charge in [0.25, 0.3) is 5.91 Å². The molecule has 0 saturated carbocycles. The summed E-state index contributed by atoms with van der Waals surface area (Å²) in [5.41, 5.74) is 1.27. The molecule has 6 heteroatoms. The molecular weight excluding hydrogens is 264 g/mol. The van der Waals surface area contributed by atoms with Crippen molar-refractivity contribution < 1.29 is 4.79 Å². The second kappa shape index (κ2) is 6.52. The summed E-state index contributed by atoms with van der Waals surface area (Å²) < 4.78 is 1.64. The standard InChI is InChI=1S/C13H17ClN4O/c1-10(7-14)3-2-4-16-13(19)11-8-17-18-6-5-15-9-12(11)18/h5-6,8-10H,2-4,7H2,1H3,(H,16,19). The molecule has 0 aromatic carbocycles. The van der Waals surface area contributed by atoms with E-state index in [-0.39, 0.29) is 5.91 Å². The number of carbonyl (C=O) groups excluding carboxylic acids is 1. The van der Waals surface area contributed by atoms with Crippen LogP contribution in [0.5, 0.6) is 0 Å². The Hall–Kier alpha value is -1.62. The Balaban J connectivity index is 1.90. The van der Waals surface area contributed by atoms with E-state index >= 15 is 0 Å². The fourth-order valence-electron chi connectivity index (χ4n) is 1.83. The van der Waals surface area contributed by atoms with Gasteiger partial charge in [-0.2, -0.15) is 5.10 Å². The maximum absolute atomic E-state index is 12.0. The third-order valence-corrected chi connectivity index (χ3v) is 3.52. The molecule has 0 spiro atoms. The Morgan fingerprint density at radius 1 is 1.53 bits per heavy atom. The van der Waals surface area contributed by atoms with Gasteiger partial charge in [-0.25, -0.2) is 4.52 Å². The second-order valence-corrected chi connectivity index (χ2v) is 4.93. The van der Waals surface area contributed by atoms with Crippen LogP contribution in [-0.4, -0.2) is 32.9 Å². The van der Waals surface area contributed by atoms with Crippen LogP contribution in [0.15, 0.2) is 24.8 Å². The topological polar surface area (TPSA) is 59.3 Å². The van der Waals surface area contributed by atoms with Crippen LogP contribution in [0.3, 0.4) is 0 Å². The molecule has 2 rings (SSSR count). The minimum absolute atomic E-state index is 0.110. The number of hydrogen-bond donors (Lipinski definition) is 1. The van der Waals surface area contributed by atoms with E-state index in [4.69, 9.17) is 11.6 Å². The lowest BCUT2D eigenvalue weighted by Gasteiger charge is -2.07. The molecule has 0 bridgehead atoms. The Labute approximate surface area is 117 Å². The molecule has 1 N–H and O–H groups in total. The quantitative estimate of drug-likeness (QED) is 0.651. The van der Waals surface area contributed by atoms with Crippen LogP contribution in [0.25, 0.3) is 5.52 Å². The molecular formula is C13H17ClN4O. The van der Waals surface area contributed by atoms with Crippen molar-refractivity contribution in [1.82, 2.24) is 19.9 Å². The monoisotopic (exact) mass is 280 g/mol. The normalized spacial score (nSPS) is 12.5. The smallest absolute Gasteiger partial charge is 0.255 e. The zero-order chi connectivity index (χ0) is 13.7. The highest BCUT2D eigenvalue weighted by Gasteiger charge is 2.11. The summed E-state index contributed by atoms with van der Waals surface area (Å²) in [6.45, 7) is 2.75. The lowest BCUT2D eigenvalue weighted by atomic mass is 10.1. The van der Waals surface area contributed by atoms with Gasteiger partial charge in [0, 0.05) is 24.8 Å². The molecule has 102 valence electrons. The number of nitrogens with zero attached hydrogens (tertiary/aromatic N) is 3. The zero-order valence-corrected chi connectivity index (χ0v) is 11.6. The Bertz CT molecular complexity index is 554. The lowest BCUT2D eigenvalue weighted by molar-refractivity contribution is 0.0954. The van der Waals surface area contributed by atoms with Crippen molar-refractivity contribution in [1.29, 1.82) is 0 Å². The number of halogens is 1. The van der Waals surface area contributed by atoms with Crippen LogP contribution in [0.1, 0.15) is 30.1 Å². The Morgan fingerprint density at radius 3 is 3.16 bits per heavy atom. The Morgan fingerprint density at radius 2 is 2.37 bits per heavy atom. The van der Waals surface area contributed by atoms with Crippen molar-refractivity contribution in [2.45, 2.75) is 19.8 Å². The molecule has 1 atom stereocenters. The van der Waals surface area contributed by atoms with E-state index < -0.39 is 0 Å². The highest BCUT2D eigenvalue weighted by atomic mass is 35.5. The summed E-state index contributed by atoms with van der Waals surface area (Å²) in [5, 5.41) is 7.00. The van der Waals surface area contributed by atoms with Crippen LogP contribution in [0.2, 0.25) is 0 Å². The first-order valence-corrected chi connectivity index (χ1v) is 6.87. The van der Waals surface area contributed by atoms with E-state index in [0.717, 1.165) is 12.8 Å². The summed E-state index contributed by atoms with van der Waals surface area (Å²) in [4.78, 5) is 16.0. The number of hydrogen-bond acceptors (Lipinski definition) is 3. The van der Waals surface area contributed by atoms with Gasteiger partial charge in [-0.3, -0.25) is 9.78 Å².